The minimum absolute atomic E-state index is 0.0372. The van der Waals surface area contributed by atoms with Gasteiger partial charge in [-0.15, -0.1) is 11.3 Å². The fourth-order valence-corrected chi connectivity index (χ4v) is 4.61. The van der Waals surface area contributed by atoms with Gasteiger partial charge in [0.1, 0.15) is 6.26 Å². The molecule has 0 spiro atoms. The van der Waals surface area contributed by atoms with Crippen molar-refractivity contribution in [1.82, 2.24) is 14.9 Å². The van der Waals surface area contributed by atoms with E-state index in [0.29, 0.717) is 5.69 Å². The van der Waals surface area contributed by atoms with Crippen LogP contribution in [0.5, 0.6) is 0 Å². The van der Waals surface area contributed by atoms with E-state index in [9.17, 15) is 16.8 Å². The summed E-state index contributed by atoms with van der Waals surface area (Å²) < 4.78 is 58.1. The topological polar surface area (TPSA) is 131 Å². The molecule has 0 fully saturated rings. The summed E-state index contributed by atoms with van der Waals surface area (Å²) >= 11 is 1.14. The summed E-state index contributed by atoms with van der Waals surface area (Å²) in [5, 5.41) is 5.46. The van der Waals surface area contributed by atoms with Crippen LogP contribution in [0.25, 0.3) is 0 Å². The van der Waals surface area contributed by atoms with Gasteiger partial charge in [0.2, 0.25) is 10.0 Å². The zero-order valence-corrected chi connectivity index (χ0v) is 14.9. The maximum absolute atomic E-state index is 12.2. The molecule has 0 amide bonds. The molecule has 3 rings (SSSR count). The minimum Gasteiger partial charge on any atom is -0.364 e. The first kappa shape index (κ1) is 17.5. The van der Waals surface area contributed by atoms with Crippen LogP contribution < -0.4 is 9.44 Å². The lowest BCUT2D eigenvalue weighted by atomic mass is 10.4. The van der Waals surface area contributed by atoms with Crippen molar-refractivity contribution < 1.29 is 21.4 Å². The summed E-state index contributed by atoms with van der Waals surface area (Å²) in [6.45, 7) is -0.0372. The van der Waals surface area contributed by atoms with Crippen LogP contribution >= 0.6 is 11.3 Å². The molecule has 25 heavy (non-hydrogen) atoms. The van der Waals surface area contributed by atoms with E-state index in [2.05, 4.69) is 24.1 Å². The smallest absolute Gasteiger partial charge is 0.263 e. The zero-order valence-electron chi connectivity index (χ0n) is 12.5. The first-order valence-electron chi connectivity index (χ1n) is 6.78. The van der Waals surface area contributed by atoms with E-state index < -0.39 is 20.0 Å². The molecule has 0 saturated carbocycles. The molecule has 12 heteroatoms. The number of aromatic nitrogens is 2. The van der Waals surface area contributed by atoms with Gasteiger partial charge < -0.3 is 4.52 Å². The van der Waals surface area contributed by atoms with Crippen molar-refractivity contribution in [3.63, 3.8) is 0 Å². The molecule has 0 aliphatic rings. The van der Waals surface area contributed by atoms with Crippen LogP contribution in [0.15, 0.2) is 62.5 Å². The molecular formula is C13H12N4O5S3. The van der Waals surface area contributed by atoms with Crippen LogP contribution in [0.4, 0.5) is 5.13 Å². The van der Waals surface area contributed by atoms with Gasteiger partial charge in [-0.2, -0.15) is 0 Å². The summed E-state index contributed by atoms with van der Waals surface area (Å²) in [6, 6.07) is 6.37. The Hall–Kier alpha value is -2.28. The van der Waals surface area contributed by atoms with Gasteiger partial charge in [-0.25, -0.2) is 26.5 Å². The van der Waals surface area contributed by atoms with E-state index in [1.165, 1.54) is 42.8 Å². The second kappa shape index (κ2) is 6.92. The Balaban J connectivity index is 1.75. The number of hydrogen-bond acceptors (Lipinski definition) is 8. The number of sulfonamides is 2. The van der Waals surface area contributed by atoms with Crippen molar-refractivity contribution >= 4 is 36.5 Å². The molecule has 0 bridgehead atoms. The monoisotopic (exact) mass is 400 g/mol. The molecule has 0 aliphatic heterocycles. The van der Waals surface area contributed by atoms with Crippen molar-refractivity contribution in [3.05, 3.63) is 53.9 Å². The lowest BCUT2D eigenvalue weighted by molar-refractivity contribution is 0.411. The standard InChI is InChI=1S/C13H12N4O5S3/c18-24(19,15-9-10-5-7-22-16-10)11-1-3-12(4-2-11)25(20,21)17-13-14-6-8-23-13/h1-8,15H,9H2,(H,14,17). The summed E-state index contributed by atoms with van der Waals surface area (Å²) in [5.41, 5.74) is 0.426. The number of anilines is 1. The van der Waals surface area contributed by atoms with Gasteiger partial charge in [0.25, 0.3) is 10.0 Å². The molecule has 0 saturated heterocycles. The van der Waals surface area contributed by atoms with E-state index in [1.54, 1.807) is 5.38 Å². The Labute approximate surface area is 147 Å². The highest BCUT2D eigenvalue weighted by Crippen LogP contribution is 2.19. The van der Waals surface area contributed by atoms with Crippen LogP contribution in [0.2, 0.25) is 0 Å². The largest absolute Gasteiger partial charge is 0.364 e. The van der Waals surface area contributed by atoms with Gasteiger partial charge in [0.15, 0.2) is 5.13 Å². The Bertz CT molecular complexity index is 1030. The fourth-order valence-electron chi connectivity index (χ4n) is 1.83. The summed E-state index contributed by atoms with van der Waals surface area (Å²) in [6.07, 6.45) is 2.80. The molecule has 3 aromatic rings. The van der Waals surface area contributed by atoms with Gasteiger partial charge in [0, 0.05) is 17.6 Å². The lowest BCUT2D eigenvalue weighted by Crippen LogP contribution is -2.23. The van der Waals surface area contributed by atoms with Gasteiger partial charge in [-0.05, 0) is 24.3 Å². The molecule has 0 aliphatic carbocycles. The molecule has 0 atom stereocenters. The third kappa shape index (κ3) is 4.22. The molecule has 2 aromatic heterocycles. The van der Waals surface area contributed by atoms with Gasteiger partial charge in [-0.1, -0.05) is 5.16 Å². The van der Waals surface area contributed by atoms with Crippen molar-refractivity contribution in [1.29, 1.82) is 0 Å². The summed E-state index contributed by atoms with van der Waals surface area (Å²) in [4.78, 5) is 3.70. The highest BCUT2D eigenvalue weighted by molar-refractivity contribution is 7.93. The highest BCUT2D eigenvalue weighted by atomic mass is 32.2. The molecule has 9 nitrogen and oxygen atoms in total. The Morgan fingerprint density at radius 3 is 2.24 bits per heavy atom. The van der Waals surface area contributed by atoms with Gasteiger partial charge in [-0.3, -0.25) is 4.72 Å². The average Bonchev–Trinajstić information content (AvgIpc) is 3.26. The predicted molar refractivity (Wildman–Crippen MR) is 89.9 cm³/mol. The van der Waals surface area contributed by atoms with E-state index in [1.807, 2.05) is 0 Å². The van der Waals surface area contributed by atoms with Gasteiger partial charge in [0.05, 0.1) is 22.0 Å². The van der Waals surface area contributed by atoms with Crippen LogP contribution in [0.3, 0.4) is 0 Å². The Kier molecular flexibility index (Phi) is 4.85. The first-order valence-corrected chi connectivity index (χ1v) is 10.6. The first-order chi connectivity index (χ1) is 11.9. The van der Waals surface area contributed by atoms with Crippen LogP contribution in [-0.2, 0) is 26.6 Å². The number of nitrogens with one attached hydrogen (secondary N) is 2. The quantitative estimate of drug-likeness (QED) is 0.613. The minimum atomic E-state index is -3.83. The molecule has 132 valence electrons. The number of rotatable bonds is 7. The Morgan fingerprint density at radius 2 is 1.68 bits per heavy atom. The third-order valence-electron chi connectivity index (χ3n) is 3.03. The number of thiazole rings is 1. The van der Waals surface area contributed by atoms with E-state index in [0.717, 1.165) is 11.3 Å². The zero-order chi connectivity index (χ0) is 17.9. The molecule has 1 aromatic carbocycles. The number of hydrogen-bond donors (Lipinski definition) is 2. The molecule has 0 unspecified atom stereocenters. The van der Waals surface area contributed by atoms with Crippen molar-refractivity contribution in [3.8, 4) is 0 Å². The molecule has 0 radical (unpaired) electrons. The van der Waals surface area contributed by atoms with Crippen molar-refractivity contribution in [2.45, 2.75) is 16.3 Å². The maximum atomic E-state index is 12.2. The SMILES string of the molecule is O=S(=O)(NCc1ccon1)c1ccc(S(=O)(=O)Nc2nccs2)cc1. The van der Waals surface area contributed by atoms with Crippen molar-refractivity contribution in [2.24, 2.45) is 0 Å². The summed E-state index contributed by atoms with van der Waals surface area (Å²) in [5.74, 6) is 0. The highest BCUT2D eigenvalue weighted by Gasteiger charge is 2.19. The average molecular weight is 400 g/mol. The normalized spacial score (nSPS) is 12.2. The fraction of sp³-hybridized carbons (Fsp3) is 0.0769. The van der Waals surface area contributed by atoms with E-state index in [4.69, 9.17) is 0 Å². The van der Waals surface area contributed by atoms with E-state index >= 15 is 0 Å². The number of nitrogens with zero attached hydrogens (tertiary/aromatic N) is 2. The molecular weight excluding hydrogens is 388 g/mol. The summed E-state index contributed by atoms with van der Waals surface area (Å²) in [7, 11) is -7.64. The maximum Gasteiger partial charge on any atom is 0.263 e. The molecule has 2 heterocycles. The predicted octanol–water partition coefficient (Wildman–Crippen LogP) is 1.41. The second-order valence-corrected chi connectivity index (χ2v) is 9.07. The van der Waals surface area contributed by atoms with Crippen LogP contribution in [-0.4, -0.2) is 27.0 Å². The van der Waals surface area contributed by atoms with Crippen molar-refractivity contribution in [2.75, 3.05) is 4.72 Å². The van der Waals surface area contributed by atoms with Crippen LogP contribution in [0.1, 0.15) is 5.69 Å². The lowest BCUT2D eigenvalue weighted by Gasteiger charge is -2.08. The molecule has 2 N–H and O–H groups in total. The third-order valence-corrected chi connectivity index (χ3v) is 6.62. The van der Waals surface area contributed by atoms with E-state index in [-0.39, 0.29) is 21.5 Å². The van der Waals surface area contributed by atoms with Gasteiger partial charge >= 0.3 is 0 Å². The Morgan fingerprint density at radius 1 is 1.00 bits per heavy atom. The van der Waals surface area contributed by atoms with Crippen LogP contribution in [0, 0.1) is 0 Å². The number of benzene rings is 1. The second-order valence-electron chi connectivity index (χ2n) is 4.73.